The van der Waals surface area contributed by atoms with Crippen LogP contribution in [-0.2, 0) is 11.3 Å². The van der Waals surface area contributed by atoms with Gasteiger partial charge in [0.25, 0.3) is 0 Å². The number of carbonyl (C=O) groups excluding carboxylic acids is 1. The van der Waals surface area contributed by atoms with Crippen molar-refractivity contribution in [1.29, 1.82) is 0 Å². The molecule has 9 heteroatoms. The van der Waals surface area contributed by atoms with Crippen LogP contribution in [0.2, 0.25) is 0 Å². The second-order valence-corrected chi connectivity index (χ2v) is 6.73. The fourth-order valence-electron chi connectivity index (χ4n) is 3.26. The topological polar surface area (TPSA) is 102 Å². The van der Waals surface area contributed by atoms with Gasteiger partial charge in [-0.25, -0.2) is 9.97 Å². The van der Waals surface area contributed by atoms with Crippen molar-refractivity contribution in [3.63, 3.8) is 0 Å². The van der Waals surface area contributed by atoms with Crippen LogP contribution < -0.4 is 10.2 Å². The molecule has 0 amide bonds. The normalized spacial score (nSPS) is 13.6. The molecule has 1 aromatic heterocycles. The zero-order chi connectivity index (χ0) is 19.4. The van der Waals surface area contributed by atoms with Gasteiger partial charge in [-0.3, -0.25) is 4.79 Å². The van der Waals surface area contributed by atoms with Gasteiger partial charge in [0.1, 0.15) is 11.4 Å². The predicted molar refractivity (Wildman–Crippen MR) is 110 cm³/mol. The number of hydrogen-bond acceptors (Lipinski definition) is 7. The smallest absolute Gasteiger partial charge is 0.437 e. The van der Waals surface area contributed by atoms with Crippen LogP contribution in [0.25, 0.3) is 0 Å². The second kappa shape index (κ2) is 10.0. The number of ether oxygens (including phenoxy) is 1. The number of rotatable bonds is 8. The quantitative estimate of drug-likeness (QED) is 0.512. The van der Waals surface area contributed by atoms with Gasteiger partial charge in [0.05, 0.1) is 19.0 Å². The van der Waals surface area contributed by atoms with E-state index in [1.54, 1.807) is 6.07 Å². The minimum absolute atomic E-state index is 0. The maximum atomic E-state index is 12.3. The molecule has 0 spiro atoms. The van der Waals surface area contributed by atoms with Crippen molar-refractivity contribution in [3.8, 4) is 11.6 Å². The van der Waals surface area contributed by atoms with Gasteiger partial charge in [0.15, 0.2) is 5.78 Å². The number of nitrogens with zero attached hydrogens (tertiary/aromatic N) is 2. The summed E-state index contributed by atoms with van der Waals surface area (Å²) in [7, 11) is -0.947. The van der Waals surface area contributed by atoms with Crippen molar-refractivity contribution in [2.45, 2.75) is 39.7 Å². The average Bonchev–Trinajstić information content (AvgIpc) is 3.05. The Balaban J connectivity index is 0.00000280. The summed E-state index contributed by atoms with van der Waals surface area (Å²) in [5, 5.41) is 19.3. The largest absolute Gasteiger partial charge is 0.492 e. The third kappa shape index (κ3) is 4.91. The Kier molecular flexibility index (Phi) is 8.00. The number of fused-ring (bicyclic) bond motifs is 1. The highest BCUT2D eigenvalue weighted by Gasteiger charge is 2.30. The van der Waals surface area contributed by atoms with Gasteiger partial charge in [-0.15, -0.1) is 0 Å². The molecular formula is C19H25BN2O5S. The molecule has 2 heterocycles. The monoisotopic (exact) mass is 404 g/mol. The molecule has 0 bridgehead atoms. The Morgan fingerprint density at radius 2 is 2.14 bits per heavy atom. The maximum absolute atomic E-state index is 12.3. The minimum Gasteiger partial charge on any atom is -0.437 e. The van der Waals surface area contributed by atoms with Crippen molar-refractivity contribution in [3.05, 3.63) is 41.3 Å². The van der Waals surface area contributed by atoms with E-state index in [1.165, 1.54) is 12.4 Å². The Morgan fingerprint density at radius 1 is 1.36 bits per heavy atom. The number of Topliss-reactive ketones (excluding diaryl/α,β-unsaturated/α-hetero) is 1. The van der Waals surface area contributed by atoms with Crippen molar-refractivity contribution < 1.29 is 24.3 Å². The Hall–Kier alpha value is -1.94. The summed E-state index contributed by atoms with van der Waals surface area (Å²) in [6.45, 7) is 4.23. The lowest BCUT2D eigenvalue weighted by molar-refractivity contribution is 0.0925. The van der Waals surface area contributed by atoms with Gasteiger partial charge in [-0.1, -0.05) is 19.4 Å². The van der Waals surface area contributed by atoms with E-state index in [1.807, 2.05) is 19.9 Å². The first-order valence-corrected chi connectivity index (χ1v) is 9.09. The van der Waals surface area contributed by atoms with E-state index in [4.69, 9.17) is 9.39 Å². The van der Waals surface area contributed by atoms with E-state index >= 15 is 0 Å². The van der Waals surface area contributed by atoms with Crippen LogP contribution >= 0.6 is 13.5 Å². The standard InChI is InChI=1S/C19H23BN2O5.H2S/c1-3-4-13(10-23)7-16(24)15-8-22-18(9-21-15)27-17-6-5-14-11-26-20(25)19(14)12(17)2;/h5-6,8-9,13,23,25H,3-4,7,10-11H2,1-2H3;1H2/t13-;/m1./s1. The van der Waals surface area contributed by atoms with Crippen LogP contribution in [0.15, 0.2) is 24.5 Å². The summed E-state index contributed by atoms with van der Waals surface area (Å²) in [6.07, 6.45) is 4.75. The lowest BCUT2D eigenvalue weighted by Crippen LogP contribution is -2.30. The molecule has 7 nitrogen and oxygen atoms in total. The molecule has 1 aliphatic heterocycles. The third-order valence-corrected chi connectivity index (χ3v) is 4.76. The van der Waals surface area contributed by atoms with Gasteiger partial charge in [0.2, 0.25) is 5.88 Å². The number of aliphatic hydroxyl groups excluding tert-OH is 1. The highest BCUT2D eigenvalue weighted by atomic mass is 32.1. The van der Waals surface area contributed by atoms with Crippen LogP contribution in [0.5, 0.6) is 11.6 Å². The summed E-state index contributed by atoms with van der Waals surface area (Å²) >= 11 is 0. The molecule has 0 fully saturated rings. The summed E-state index contributed by atoms with van der Waals surface area (Å²) in [4.78, 5) is 20.6. The molecule has 0 aliphatic carbocycles. The number of aromatic nitrogens is 2. The predicted octanol–water partition coefficient (Wildman–Crippen LogP) is 1.89. The van der Waals surface area contributed by atoms with Crippen molar-refractivity contribution in [2.75, 3.05) is 6.61 Å². The lowest BCUT2D eigenvalue weighted by atomic mass is 9.76. The van der Waals surface area contributed by atoms with Gasteiger partial charge in [-0.05, 0) is 41.9 Å². The number of aliphatic hydroxyl groups is 1. The highest BCUT2D eigenvalue weighted by molar-refractivity contribution is 7.59. The summed E-state index contributed by atoms with van der Waals surface area (Å²) < 4.78 is 11.0. The SMILES string of the molecule is CCC[C@@H](CO)CC(=O)c1cnc(Oc2ccc3c(c2C)B(O)OC3)cn1.S. The summed E-state index contributed by atoms with van der Waals surface area (Å²) in [6, 6.07) is 3.65. The molecule has 0 unspecified atom stereocenters. The van der Waals surface area contributed by atoms with Gasteiger partial charge < -0.3 is 19.5 Å². The Bertz CT molecular complexity index is 819. The van der Waals surface area contributed by atoms with E-state index in [0.717, 1.165) is 29.4 Å². The summed E-state index contributed by atoms with van der Waals surface area (Å²) in [5.41, 5.74) is 2.69. The van der Waals surface area contributed by atoms with Crippen molar-refractivity contribution in [1.82, 2.24) is 9.97 Å². The Labute approximate surface area is 171 Å². The molecule has 28 heavy (non-hydrogen) atoms. The molecular weight excluding hydrogens is 379 g/mol. The van der Waals surface area contributed by atoms with Crippen LogP contribution in [0.4, 0.5) is 0 Å². The first-order chi connectivity index (χ1) is 13.0. The number of hydrogen-bond donors (Lipinski definition) is 2. The van der Waals surface area contributed by atoms with E-state index in [-0.39, 0.29) is 49.8 Å². The molecule has 1 aliphatic rings. The van der Waals surface area contributed by atoms with Crippen LogP contribution in [0.3, 0.4) is 0 Å². The first-order valence-electron chi connectivity index (χ1n) is 9.09. The third-order valence-electron chi connectivity index (χ3n) is 4.76. The van der Waals surface area contributed by atoms with Gasteiger partial charge in [-0.2, -0.15) is 13.5 Å². The highest BCUT2D eigenvalue weighted by Crippen LogP contribution is 2.26. The van der Waals surface area contributed by atoms with E-state index in [2.05, 4.69) is 9.97 Å². The molecule has 1 aromatic carbocycles. The molecule has 0 saturated carbocycles. The van der Waals surface area contributed by atoms with Crippen LogP contribution in [0, 0.1) is 12.8 Å². The zero-order valence-corrected chi connectivity index (χ0v) is 17.0. The van der Waals surface area contributed by atoms with E-state index in [9.17, 15) is 14.9 Å². The zero-order valence-electron chi connectivity index (χ0n) is 16.0. The fraction of sp³-hybridized carbons (Fsp3) is 0.421. The van der Waals surface area contributed by atoms with Crippen LogP contribution in [0.1, 0.15) is 47.8 Å². The lowest BCUT2D eigenvalue weighted by Gasteiger charge is -2.12. The molecule has 0 radical (unpaired) electrons. The number of ketones is 1. The van der Waals surface area contributed by atoms with Gasteiger partial charge >= 0.3 is 7.12 Å². The fourth-order valence-corrected chi connectivity index (χ4v) is 3.26. The number of benzene rings is 1. The van der Waals surface area contributed by atoms with Crippen molar-refractivity contribution >= 4 is 31.9 Å². The number of carbonyl (C=O) groups is 1. The Morgan fingerprint density at radius 3 is 2.79 bits per heavy atom. The molecule has 2 N–H and O–H groups in total. The van der Waals surface area contributed by atoms with Gasteiger partial charge in [0, 0.05) is 13.0 Å². The van der Waals surface area contributed by atoms with E-state index in [0.29, 0.717) is 12.4 Å². The minimum atomic E-state index is -0.947. The van der Waals surface area contributed by atoms with Crippen LogP contribution in [-0.4, -0.2) is 39.6 Å². The molecule has 1 atom stereocenters. The van der Waals surface area contributed by atoms with E-state index < -0.39 is 7.12 Å². The molecule has 2 aromatic rings. The molecule has 0 saturated heterocycles. The summed E-state index contributed by atoms with van der Waals surface area (Å²) in [5.74, 6) is 0.615. The average molecular weight is 404 g/mol. The molecule has 150 valence electrons. The maximum Gasteiger partial charge on any atom is 0.492 e. The first kappa shape index (κ1) is 22.4. The second-order valence-electron chi connectivity index (χ2n) is 6.73. The molecule has 3 rings (SSSR count). The van der Waals surface area contributed by atoms with Crippen molar-refractivity contribution in [2.24, 2.45) is 5.92 Å².